The Bertz CT molecular complexity index is 1110. The average molecular weight is 279 g/mol. The molecule has 1 heterocycles. The van der Waals surface area contributed by atoms with Crippen molar-refractivity contribution in [3.8, 4) is 11.1 Å². The molecule has 1 aliphatic carbocycles. The van der Waals surface area contributed by atoms with Crippen molar-refractivity contribution in [2.75, 3.05) is 0 Å². The molecule has 22 heavy (non-hydrogen) atoms. The molecule has 4 aromatic rings. The highest BCUT2D eigenvalue weighted by atomic mass is 16.1. The molecule has 3 heteroatoms. The van der Waals surface area contributed by atoms with E-state index >= 15 is 0 Å². The fraction of sp³-hybridized carbons (Fsp3) is 0. The van der Waals surface area contributed by atoms with Crippen molar-refractivity contribution in [1.82, 2.24) is 4.98 Å². The summed E-state index contributed by atoms with van der Waals surface area (Å²) in [4.78, 5) is 16.2. The number of carbonyl (C=O) groups is 1. The van der Waals surface area contributed by atoms with Gasteiger partial charge in [0.15, 0.2) is 5.78 Å². The van der Waals surface area contributed by atoms with Gasteiger partial charge in [0, 0.05) is 21.9 Å². The van der Waals surface area contributed by atoms with Crippen molar-refractivity contribution in [2.45, 2.75) is 0 Å². The summed E-state index contributed by atoms with van der Waals surface area (Å²) in [5, 5.41) is 2.10. The van der Waals surface area contributed by atoms with Crippen molar-refractivity contribution in [2.24, 2.45) is 0 Å². The van der Waals surface area contributed by atoms with Gasteiger partial charge in [-0.25, -0.2) is 0 Å². The number of aromatic nitrogens is 1. The molecule has 2 nitrogen and oxygen atoms in total. The first-order chi connectivity index (χ1) is 10.7. The summed E-state index contributed by atoms with van der Waals surface area (Å²) in [6.45, 7) is 0. The molecule has 5 rings (SSSR count). The summed E-state index contributed by atoms with van der Waals surface area (Å²) in [6, 6.07) is 17.7. The highest BCUT2D eigenvalue weighted by Gasteiger charge is 2.29. The zero-order chi connectivity index (χ0) is 14.8. The first kappa shape index (κ1) is 11.8. The first-order valence-corrected chi connectivity index (χ1v) is 7.22. The third-order valence-electron chi connectivity index (χ3n) is 4.49. The van der Waals surface area contributed by atoms with E-state index in [0.717, 1.165) is 49.5 Å². The lowest BCUT2D eigenvalue weighted by molar-refractivity contribution is 0.104. The lowest BCUT2D eigenvalue weighted by Crippen LogP contribution is -1.98. The monoisotopic (exact) mass is 279 g/mol. The summed E-state index contributed by atoms with van der Waals surface area (Å²) >= 11 is 0. The second-order valence-electron chi connectivity index (χ2n) is 5.72. The number of benzene rings is 3. The molecule has 0 saturated carbocycles. The third-order valence-corrected chi connectivity index (χ3v) is 4.49. The number of H-pyrrole nitrogens is 1. The molecule has 0 unspecified atom stereocenters. The Morgan fingerprint density at radius 3 is 2.50 bits per heavy atom. The topological polar surface area (TPSA) is 32.9 Å². The van der Waals surface area contributed by atoms with Crippen LogP contribution >= 0.6 is 0 Å². The standard InChI is InChI=1S/C19H10BNO/c20-10-5-8-16-15(9-10)13-7-6-12-11-3-1-2-4-14(11)19(22)17(12)18(13)21-16/h1-9,21H. The molecule has 0 atom stereocenters. The van der Waals surface area contributed by atoms with Gasteiger partial charge in [-0.15, -0.1) is 0 Å². The molecule has 1 aliphatic rings. The number of aromatic amines is 1. The molecule has 0 aliphatic heterocycles. The first-order valence-electron chi connectivity index (χ1n) is 7.22. The van der Waals surface area contributed by atoms with E-state index in [4.69, 9.17) is 7.85 Å². The van der Waals surface area contributed by atoms with Gasteiger partial charge in [0.25, 0.3) is 0 Å². The predicted molar refractivity (Wildman–Crippen MR) is 90.1 cm³/mol. The number of hydrogen-bond acceptors (Lipinski definition) is 1. The maximum atomic E-state index is 12.8. The Hall–Kier alpha value is -2.81. The minimum atomic E-state index is 0.0933. The van der Waals surface area contributed by atoms with Crippen LogP contribution in [0.25, 0.3) is 32.9 Å². The third kappa shape index (κ3) is 1.33. The number of carbonyl (C=O) groups excluding carboxylic acids is 1. The Kier molecular flexibility index (Phi) is 2.09. The summed E-state index contributed by atoms with van der Waals surface area (Å²) in [5.41, 5.74) is 6.20. The second kappa shape index (κ2) is 3.89. The molecular weight excluding hydrogens is 269 g/mol. The van der Waals surface area contributed by atoms with E-state index in [1.54, 1.807) is 0 Å². The molecule has 2 radical (unpaired) electrons. The summed E-state index contributed by atoms with van der Waals surface area (Å²) in [5.74, 6) is 0.0933. The van der Waals surface area contributed by atoms with Crippen LogP contribution in [-0.2, 0) is 0 Å². The average Bonchev–Trinajstić information content (AvgIpc) is 3.04. The number of nitrogens with one attached hydrogen (secondary N) is 1. The predicted octanol–water partition coefficient (Wildman–Crippen LogP) is 3.33. The molecule has 1 N–H and O–H groups in total. The maximum absolute atomic E-state index is 12.8. The number of ketones is 1. The molecule has 3 aromatic carbocycles. The molecule has 0 spiro atoms. The van der Waals surface area contributed by atoms with Crippen molar-refractivity contribution >= 4 is 40.9 Å². The Morgan fingerprint density at radius 1 is 0.818 bits per heavy atom. The molecule has 0 saturated heterocycles. The lowest BCUT2D eigenvalue weighted by Gasteiger charge is -2.00. The highest BCUT2D eigenvalue weighted by molar-refractivity contribution is 6.34. The van der Waals surface area contributed by atoms with Crippen LogP contribution in [0.5, 0.6) is 0 Å². The normalized spacial score (nSPS) is 12.8. The fourth-order valence-electron chi connectivity index (χ4n) is 3.50. The number of hydrogen-bond donors (Lipinski definition) is 1. The van der Waals surface area contributed by atoms with Gasteiger partial charge in [0.2, 0.25) is 0 Å². The van der Waals surface area contributed by atoms with Gasteiger partial charge >= 0.3 is 0 Å². The van der Waals surface area contributed by atoms with Gasteiger partial charge < -0.3 is 4.98 Å². The van der Waals surface area contributed by atoms with Crippen LogP contribution in [0.3, 0.4) is 0 Å². The van der Waals surface area contributed by atoms with Crippen LogP contribution in [0, 0.1) is 0 Å². The van der Waals surface area contributed by atoms with E-state index < -0.39 is 0 Å². The van der Waals surface area contributed by atoms with Gasteiger partial charge in [-0.05, 0) is 17.2 Å². The minimum absolute atomic E-state index is 0.0933. The minimum Gasteiger partial charge on any atom is -0.354 e. The van der Waals surface area contributed by atoms with Crippen molar-refractivity contribution < 1.29 is 4.79 Å². The van der Waals surface area contributed by atoms with E-state index in [2.05, 4.69) is 11.1 Å². The lowest BCUT2D eigenvalue weighted by atomic mass is 9.94. The molecule has 0 amide bonds. The molecular formula is C19H10BNO. The van der Waals surface area contributed by atoms with E-state index in [1.807, 2.05) is 48.5 Å². The van der Waals surface area contributed by atoms with Crippen LogP contribution in [-0.4, -0.2) is 18.6 Å². The zero-order valence-corrected chi connectivity index (χ0v) is 11.7. The summed E-state index contributed by atoms with van der Waals surface area (Å²) < 4.78 is 0. The van der Waals surface area contributed by atoms with Gasteiger partial charge in [-0.2, -0.15) is 0 Å². The van der Waals surface area contributed by atoms with Crippen LogP contribution in [0.2, 0.25) is 0 Å². The van der Waals surface area contributed by atoms with Crippen LogP contribution in [0.15, 0.2) is 54.6 Å². The van der Waals surface area contributed by atoms with E-state index in [0.29, 0.717) is 0 Å². The van der Waals surface area contributed by atoms with Gasteiger partial charge in [0.05, 0.1) is 11.1 Å². The van der Waals surface area contributed by atoms with E-state index in [-0.39, 0.29) is 5.78 Å². The van der Waals surface area contributed by atoms with Crippen LogP contribution in [0.1, 0.15) is 15.9 Å². The number of rotatable bonds is 0. The van der Waals surface area contributed by atoms with Crippen LogP contribution < -0.4 is 5.46 Å². The Balaban J connectivity index is 1.96. The van der Waals surface area contributed by atoms with E-state index in [9.17, 15) is 4.79 Å². The van der Waals surface area contributed by atoms with Crippen molar-refractivity contribution in [3.63, 3.8) is 0 Å². The van der Waals surface area contributed by atoms with Gasteiger partial charge in [0.1, 0.15) is 7.85 Å². The van der Waals surface area contributed by atoms with Gasteiger partial charge in [-0.3, -0.25) is 4.79 Å². The maximum Gasteiger partial charge on any atom is 0.196 e. The smallest absolute Gasteiger partial charge is 0.196 e. The zero-order valence-electron chi connectivity index (χ0n) is 11.7. The molecule has 100 valence electrons. The summed E-state index contributed by atoms with van der Waals surface area (Å²) in [6.07, 6.45) is 0. The largest absolute Gasteiger partial charge is 0.354 e. The SMILES string of the molecule is [B]c1ccc2[nH]c3c4c(ccc3c2c1)-c1ccccc1C4=O. The molecule has 0 bridgehead atoms. The molecule has 0 fully saturated rings. The second-order valence-corrected chi connectivity index (χ2v) is 5.72. The van der Waals surface area contributed by atoms with Crippen molar-refractivity contribution in [3.05, 3.63) is 65.7 Å². The fourth-order valence-corrected chi connectivity index (χ4v) is 3.50. The van der Waals surface area contributed by atoms with Gasteiger partial charge in [-0.1, -0.05) is 54.0 Å². The van der Waals surface area contributed by atoms with Crippen LogP contribution in [0.4, 0.5) is 0 Å². The highest BCUT2D eigenvalue weighted by Crippen LogP contribution is 2.41. The summed E-state index contributed by atoms with van der Waals surface area (Å²) in [7, 11) is 5.90. The van der Waals surface area contributed by atoms with E-state index in [1.165, 1.54) is 0 Å². The Morgan fingerprint density at radius 2 is 1.64 bits per heavy atom. The van der Waals surface area contributed by atoms with Crippen molar-refractivity contribution in [1.29, 1.82) is 0 Å². The quantitative estimate of drug-likeness (QED) is 0.433. The Labute approximate surface area is 128 Å². The number of fused-ring (bicyclic) bond motifs is 7. The molecule has 1 aromatic heterocycles.